The Kier molecular flexibility index (Phi) is 3.43. The van der Waals surface area contributed by atoms with Gasteiger partial charge in [0.15, 0.2) is 0 Å². The highest BCUT2D eigenvalue weighted by atomic mass is 19.1. The molecule has 0 saturated heterocycles. The maximum atomic E-state index is 13.5. The first kappa shape index (κ1) is 11.6. The molecule has 0 aliphatic heterocycles. The fourth-order valence-electron chi connectivity index (χ4n) is 1.64. The molecule has 0 bridgehead atoms. The molecule has 0 atom stereocenters. The Morgan fingerprint density at radius 3 is 2.35 bits per heavy atom. The highest BCUT2D eigenvalue weighted by Crippen LogP contribution is 2.17. The molecule has 0 aliphatic rings. The Balaban J connectivity index is 2.10. The van der Waals surface area contributed by atoms with Crippen LogP contribution >= 0.6 is 0 Å². The van der Waals surface area contributed by atoms with Gasteiger partial charge in [-0.1, -0.05) is 29.8 Å². The van der Waals surface area contributed by atoms with Gasteiger partial charge in [-0.15, -0.1) is 0 Å². The van der Waals surface area contributed by atoms with Crippen LogP contribution in [0.3, 0.4) is 0 Å². The van der Waals surface area contributed by atoms with Gasteiger partial charge in [-0.25, -0.2) is 4.39 Å². The molecule has 2 aromatic carbocycles. The third-order valence-corrected chi connectivity index (χ3v) is 2.76. The van der Waals surface area contributed by atoms with E-state index in [1.54, 1.807) is 6.07 Å². The smallest absolute Gasteiger partial charge is 0.130 e. The highest BCUT2D eigenvalue weighted by molar-refractivity contribution is 5.29. The summed E-state index contributed by atoms with van der Waals surface area (Å²) in [7, 11) is 0. The Morgan fingerprint density at radius 2 is 1.71 bits per heavy atom. The Labute approximate surface area is 101 Å². The molecule has 0 saturated carbocycles. The van der Waals surface area contributed by atoms with E-state index >= 15 is 0 Å². The van der Waals surface area contributed by atoms with Gasteiger partial charge < -0.3 is 4.74 Å². The summed E-state index contributed by atoms with van der Waals surface area (Å²) in [5, 5.41) is 0. The lowest BCUT2D eigenvalue weighted by molar-refractivity contribution is 0.299. The molecule has 0 unspecified atom stereocenters. The fourth-order valence-corrected chi connectivity index (χ4v) is 1.64. The average molecular weight is 230 g/mol. The van der Waals surface area contributed by atoms with Crippen molar-refractivity contribution in [3.05, 3.63) is 65.0 Å². The van der Waals surface area contributed by atoms with E-state index in [1.165, 1.54) is 11.6 Å². The maximum absolute atomic E-state index is 13.5. The molecule has 1 nitrogen and oxygen atoms in total. The zero-order valence-corrected chi connectivity index (χ0v) is 10.0. The predicted molar refractivity (Wildman–Crippen MR) is 66.6 cm³/mol. The van der Waals surface area contributed by atoms with Crippen LogP contribution in [0.2, 0.25) is 0 Å². The lowest BCUT2D eigenvalue weighted by Crippen LogP contribution is -2.01. The Bertz CT molecular complexity index is 483. The van der Waals surface area contributed by atoms with E-state index in [-0.39, 0.29) is 12.4 Å². The first-order valence-corrected chi connectivity index (χ1v) is 5.60. The third-order valence-electron chi connectivity index (χ3n) is 2.76. The van der Waals surface area contributed by atoms with Crippen molar-refractivity contribution >= 4 is 0 Å². The number of rotatable bonds is 3. The van der Waals surface area contributed by atoms with E-state index in [9.17, 15) is 4.39 Å². The SMILES string of the molecule is Cc1ccc(OCc2c(C)cccc2F)cc1. The quantitative estimate of drug-likeness (QED) is 0.773. The Morgan fingerprint density at radius 1 is 1.00 bits per heavy atom. The summed E-state index contributed by atoms with van der Waals surface area (Å²) in [5.41, 5.74) is 2.71. The molecule has 2 heteroatoms. The van der Waals surface area contributed by atoms with E-state index in [0.29, 0.717) is 5.56 Å². The summed E-state index contributed by atoms with van der Waals surface area (Å²) < 4.78 is 19.1. The number of ether oxygens (including phenoxy) is 1. The minimum atomic E-state index is -0.211. The fraction of sp³-hybridized carbons (Fsp3) is 0.200. The van der Waals surface area contributed by atoms with Crippen LogP contribution in [0, 0.1) is 19.7 Å². The number of hydrogen-bond acceptors (Lipinski definition) is 1. The molecule has 0 N–H and O–H groups in total. The normalized spacial score (nSPS) is 10.3. The van der Waals surface area contributed by atoms with Crippen LogP contribution in [0.15, 0.2) is 42.5 Å². The van der Waals surface area contributed by atoms with Crippen molar-refractivity contribution in [1.29, 1.82) is 0 Å². The van der Waals surface area contributed by atoms with Crippen molar-refractivity contribution < 1.29 is 9.13 Å². The van der Waals surface area contributed by atoms with Crippen molar-refractivity contribution in [2.45, 2.75) is 20.5 Å². The summed E-state index contributed by atoms with van der Waals surface area (Å²) in [6, 6.07) is 12.8. The summed E-state index contributed by atoms with van der Waals surface area (Å²) in [5.74, 6) is 0.551. The molecule has 88 valence electrons. The Hall–Kier alpha value is -1.83. The molecule has 0 aromatic heterocycles. The standard InChI is InChI=1S/C15H15FO/c1-11-6-8-13(9-7-11)17-10-14-12(2)4-3-5-15(14)16/h3-9H,10H2,1-2H3. The highest BCUT2D eigenvalue weighted by Gasteiger charge is 2.05. The van der Waals surface area contributed by atoms with Gasteiger partial charge in [-0.3, -0.25) is 0 Å². The first-order chi connectivity index (χ1) is 8.16. The molecular formula is C15H15FO. The second-order valence-corrected chi connectivity index (χ2v) is 4.14. The zero-order chi connectivity index (χ0) is 12.3. The number of aryl methyl sites for hydroxylation is 2. The van der Waals surface area contributed by atoms with E-state index in [0.717, 1.165) is 11.3 Å². The molecule has 0 heterocycles. The molecule has 0 amide bonds. The minimum Gasteiger partial charge on any atom is -0.489 e. The second kappa shape index (κ2) is 5.00. The summed E-state index contributed by atoms with van der Waals surface area (Å²) in [4.78, 5) is 0. The van der Waals surface area contributed by atoms with E-state index in [4.69, 9.17) is 4.74 Å². The number of halogens is 1. The van der Waals surface area contributed by atoms with Gasteiger partial charge in [0.05, 0.1) is 0 Å². The van der Waals surface area contributed by atoms with E-state index < -0.39 is 0 Å². The van der Waals surface area contributed by atoms with E-state index in [2.05, 4.69) is 0 Å². The molecule has 0 fully saturated rings. The van der Waals surface area contributed by atoms with Crippen LogP contribution in [-0.2, 0) is 6.61 Å². The van der Waals surface area contributed by atoms with Gasteiger partial charge in [0.25, 0.3) is 0 Å². The van der Waals surface area contributed by atoms with Gasteiger partial charge in [0, 0.05) is 5.56 Å². The molecule has 2 aromatic rings. The topological polar surface area (TPSA) is 9.23 Å². The molecule has 2 rings (SSSR count). The van der Waals surface area contributed by atoms with Gasteiger partial charge in [-0.05, 0) is 37.6 Å². The van der Waals surface area contributed by atoms with E-state index in [1.807, 2.05) is 44.2 Å². The van der Waals surface area contributed by atoms with Crippen molar-refractivity contribution in [2.24, 2.45) is 0 Å². The van der Waals surface area contributed by atoms with Crippen molar-refractivity contribution in [2.75, 3.05) is 0 Å². The van der Waals surface area contributed by atoms with Crippen molar-refractivity contribution in [1.82, 2.24) is 0 Å². The predicted octanol–water partition coefficient (Wildman–Crippen LogP) is 4.02. The summed E-state index contributed by atoms with van der Waals surface area (Å²) in [6.07, 6.45) is 0. The number of benzene rings is 2. The molecule has 0 aliphatic carbocycles. The molecule has 17 heavy (non-hydrogen) atoms. The van der Waals surface area contributed by atoms with Crippen LogP contribution in [-0.4, -0.2) is 0 Å². The lowest BCUT2D eigenvalue weighted by atomic mass is 10.1. The molecule has 0 radical (unpaired) electrons. The average Bonchev–Trinajstić information content (AvgIpc) is 2.31. The van der Waals surface area contributed by atoms with Gasteiger partial charge >= 0.3 is 0 Å². The van der Waals surface area contributed by atoms with Crippen LogP contribution in [0.4, 0.5) is 4.39 Å². The molecular weight excluding hydrogens is 215 g/mol. The number of hydrogen-bond donors (Lipinski definition) is 0. The van der Waals surface area contributed by atoms with Gasteiger partial charge in [0.2, 0.25) is 0 Å². The van der Waals surface area contributed by atoms with Crippen molar-refractivity contribution in [3.8, 4) is 5.75 Å². The first-order valence-electron chi connectivity index (χ1n) is 5.60. The molecule has 0 spiro atoms. The third kappa shape index (κ3) is 2.84. The van der Waals surface area contributed by atoms with Crippen LogP contribution < -0.4 is 4.74 Å². The summed E-state index contributed by atoms with van der Waals surface area (Å²) >= 11 is 0. The van der Waals surface area contributed by atoms with Gasteiger partial charge in [-0.2, -0.15) is 0 Å². The zero-order valence-electron chi connectivity index (χ0n) is 10.0. The van der Waals surface area contributed by atoms with Crippen molar-refractivity contribution in [3.63, 3.8) is 0 Å². The lowest BCUT2D eigenvalue weighted by Gasteiger charge is -2.09. The monoisotopic (exact) mass is 230 g/mol. The largest absolute Gasteiger partial charge is 0.489 e. The van der Waals surface area contributed by atoms with Gasteiger partial charge in [0.1, 0.15) is 18.2 Å². The van der Waals surface area contributed by atoms with Crippen LogP contribution in [0.25, 0.3) is 0 Å². The van der Waals surface area contributed by atoms with Crippen LogP contribution in [0.5, 0.6) is 5.75 Å². The minimum absolute atomic E-state index is 0.211. The summed E-state index contributed by atoms with van der Waals surface area (Å²) in [6.45, 7) is 4.17. The maximum Gasteiger partial charge on any atom is 0.130 e. The van der Waals surface area contributed by atoms with Crippen LogP contribution in [0.1, 0.15) is 16.7 Å². The second-order valence-electron chi connectivity index (χ2n) is 4.14.